The summed E-state index contributed by atoms with van der Waals surface area (Å²) in [5.41, 5.74) is 4.94. The monoisotopic (exact) mass is 326 g/mol. The number of carboxylic acid groups (broad SMARTS) is 2. The summed E-state index contributed by atoms with van der Waals surface area (Å²) in [6, 6.07) is -1.97. The van der Waals surface area contributed by atoms with Gasteiger partial charge in [-0.15, -0.1) is 0 Å². The average molecular weight is 325 g/mol. The molecule has 8 heteroatoms. The molecule has 18 heavy (non-hydrogen) atoms. The molecule has 0 spiro atoms. The van der Waals surface area contributed by atoms with Crippen LogP contribution in [0, 0.1) is 0 Å². The fourth-order valence-corrected chi connectivity index (χ4v) is 2.31. The van der Waals surface area contributed by atoms with Crippen molar-refractivity contribution in [3.8, 4) is 0 Å². The molecule has 0 heterocycles. The first kappa shape index (κ1) is 16.9. The Hall–Kier alpha value is -1.11. The molecule has 0 aromatic heterocycles. The van der Waals surface area contributed by atoms with Crippen LogP contribution in [0.5, 0.6) is 0 Å². The van der Waals surface area contributed by atoms with Gasteiger partial charge in [-0.05, 0) is 0 Å². The Kier molecular flexibility index (Phi) is 8.36. The van der Waals surface area contributed by atoms with Crippen LogP contribution >= 0.6 is 0 Å². The van der Waals surface area contributed by atoms with Gasteiger partial charge < -0.3 is 0 Å². The summed E-state index contributed by atoms with van der Waals surface area (Å²) in [5, 5.41) is 21.2. The van der Waals surface area contributed by atoms with E-state index in [0.717, 1.165) is 5.32 Å². The Balaban J connectivity index is 4.45. The van der Waals surface area contributed by atoms with Crippen molar-refractivity contribution in [1.29, 1.82) is 0 Å². The molecule has 2 atom stereocenters. The molecule has 0 aromatic carbocycles. The number of carbonyl (C=O) groups excluding carboxylic acids is 1. The number of amides is 1. The van der Waals surface area contributed by atoms with Crippen LogP contribution < -0.4 is 11.1 Å². The Morgan fingerprint density at radius 2 is 1.67 bits per heavy atom. The zero-order valence-corrected chi connectivity index (χ0v) is 11.8. The van der Waals surface area contributed by atoms with Crippen molar-refractivity contribution in [2.24, 2.45) is 5.73 Å². The first-order valence-corrected chi connectivity index (χ1v) is 8.29. The van der Waals surface area contributed by atoms with Crippen molar-refractivity contribution in [2.75, 3.05) is 0 Å². The molecule has 0 bridgehead atoms. The molecule has 7 nitrogen and oxygen atoms in total. The second kappa shape index (κ2) is 8.90. The number of hydrogen-bond donors (Lipinski definition) is 4. The van der Waals surface area contributed by atoms with E-state index in [1.54, 1.807) is 0 Å². The molecule has 1 amide bonds. The summed E-state index contributed by atoms with van der Waals surface area (Å²) in [4.78, 5) is 32.5. The van der Waals surface area contributed by atoms with Gasteiger partial charge in [-0.3, -0.25) is 0 Å². The molecule has 0 fully saturated rings. The summed E-state index contributed by atoms with van der Waals surface area (Å²) >= 11 is 0.335. The number of nitrogens with one attached hydrogen (secondary N) is 1. The Morgan fingerprint density at radius 1 is 1.17 bits per heavy atom. The van der Waals surface area contributed by atoms with Gasteiger partial charge in [0.15, 0.2) is 0 Å². The van der Waals surface area contributed by atoms with Crippen LogP contribution in [0.15, 0.2) is 0 Å². The quantitative estimate of drug-likeness (QED) is 0.393. The van der Waals surface area contributed by atoms with Crippen molar-refractivity contribution in [3.63, 3.8) is 0 Å². The maximum absolute atomic E-state index is 11.0. The fourth-order valence-electron chi connectivity index (χ4n) is 1.32. The minimum atomic E-state index is -1.18. The first-order chi connectivity index (χ1) is 8.38. The van der Waals surface area contributed by atoms with E-state index >= 15 is 0 Å². The molecule has 1 unspecified atom stereocenters. The van der Waals surface area contributed by atoms with Crippen LogP contribution in [-0.4, -0.2) is 55.1 Å². The molecule has 0 rings (SSSR count). The number of hydrogen-bond acceptors (Lipinski definition) is 4. The first-order valence-electron chi connectivity index (χ1n) is 5.37. The van der Waals surface area contributed by atoms with Gasteiger partial charge in [-0.1, -0.05) is 0 Å². The summed E-state index contributed by atoms with van der Waals surface area (Å²) in [6.45, 7) is 0. The zero-order valence-electron chi connectivity index (χ0n) is 10.1. The van der Waals surface area contributed by atoms with E-state index in [0.29, 0.717) is 21.4 Å². The van der Waals surface area contributed by atoms with E-state index in [-0.39, 0.29) is 12.8 Å². The molecule has 0 aliphatic carbocycles. The number of primary amides is 1. The van der Waals surface area contributed by atoms with Crippen LogP contribution in [0.1, 0.15) is 19.3 Å². The summed E-state index contributed by atoms with van der Waals surface area (Å²) in [6.07, 6.45) is 0.284. The van der Waals surface area contributed by atoms with E-state index in [4.69, 9.17) is 15.9 Å². The molecule has 0 radical (unpaired) electrons. The van der Waals surface area contributed by atoms with Gasteiger partial charge >= 0.3 is 111 Å². The van der Waals surface area contributed by atoms with Gasteiger partial charge in [-0.25, -0.2) is 0 Å². The second-order valence-corrected chi connectivity index (χ2v) is 5.80. The van der Waals surface area contributed by atoms with Crippen LogP contribution in [0.4, 0.5) is 0 Å². The average Bonchev–Trinajstić information content (AvgIpc) is 2.26. The fraction of sp³-hybridized carbons (Fsp3) is 0.700. The Morgan fingerprint density at radius 3 is 2.06 bits per heavy atom. The van der Waals surface area contributed by atoms with E-state index in [2.05, 4.69) is 5.32 Å². The molecule has 5 N–H and O–H groups in total. The third-order valence-corrected chi connectivity index (χ3v) is 3.64. The second-order valence-electron chi connectivity index (χ2n) is 3.73. The van der Waals surface area contributed by atoms with Crippen molar-refractivity contribution in [3.05, 3.63) is 0 Å². The van der Waals surface area contributed by atoms with E-state index in [1.807, 2.05) is 5.82 Å². The molecular weight excluding hydrogens is 307 g/mol. The Labute approximate surface area is 111 Å². The Bertz CT molecular complexity index is 311. The molecular formula is C10H18N2O5Se. The van der Waals surface area contributed by atoms with Crippen LogP contribution in [0.3, 0.4) is 0 Å². The van der Waals surface area contributed by atoms with Crippen molar-refractivity contribution in [2.45, 2.75) is 42.5 Å². The number of carbonyl (C=O) groups is 3. The molecule has 0 aromatic rings. The number of carboxylic acids is 2. The number of aliphatic carboxylic acids is 2. The van der Waals surface area contributed by atoms with Crippen LogP contribution in [0.2, 0.25) is 11.1 Å². The summed E-state index contributed by atoms with van der Waals surface area (Å²) in [5.74, 6) is -0.880. The van der Waals surface area contributed by atoms with E-state index in [9.17, 15) is 14.4 Å². The molecule has 0 aliphatic heterocycles. The minimum absolute atomic E-state index is 0.00822. The SMILES string of the molecule is C[Se]CCC(N[C@@H](CCC(N)=O)C(=O)O)C(=O)O. The van der Waals surface area contributed by atoms with Crippen LogP contribution in [0.25, 0.3) is 0 Å². The van der Waals surface area contributed by atoms with Gasteiger partial charge in [0.1, 0.15) is 0 Å². The van der Waals surface area contributed by atoms with Gasteiger partial charge in [0.2, 0.25) is 0 Å². The van der Waals surface area contributed by atoms with E-state index < -0.39 is 29.9 Å². The van der Waals surface area contributed by atoms with Crippen LogP contribution in [-0.2, 0) is 14.4 Å². The molecule has 104 valence electrons. The van der Waals surface area contributed by atoms with Gasteiger partial charge in [0.05, 0.1) is 0 Å². The van der Waals surface area contributed by atoms with Crippen molar-refractivity contribution in [1.82, 2.24) is 5.32 Å². The zero-order chi connectivity index (χ0) is 14.1. The molecule has 0 saturated heterocycles. The van der Waals surface area contributed by atoms with Crippen molar-refractivity contribution < 1.29 is 24.6 Å². The number of rotatable bonds is 10. The van der Waals surface area contributed by atoms with Gasteiger partial charge in [-0.2, -0.15) is 0 Å². The molecule has 0 aliphatic rings. The molecule has 0 saturated carbocycles. The standard InChI is InChI=1S/C10H18N2O5Se/c1-18-5-4-7(10(16)17)12-6(9(14)15)2-3-8(11)13/h6-7,12H,2-5H2,1H3,(H2,11,13)(H,14,15)(H,16,17)/t6-,7?/m0/s1. The van der Waals surface area contributed by atoms with E-state index in [1.165, 1.54) is 0 Å². The third-order valence-electron chi connectivity index (χ3n) is 2.29. The number of nitrogens with two attached hydrogens (primary N) is 1. The predicted octanol–water partition coefficient (Wildman–Crippen LogP) is -0.691. The topological polar surface area (TPSA) is 130 Å². The van der Waals surface area contributed by atoms with Crippen molar-refractivity contribution >= 4 is 32.8 Å². The van der Waals surface area contributed by atoms with Gasteiger partial charge in [0, 0.05) is 0 Å². The summed E-state index contributed by atoms with van der Waals surface area (Å²) in [7, 11) is 0. The maximum atomic E-state index is 11.0. The normalized spacial score (nSPS) is 13.8. The summed E-state index contributed by atoms with van der Waals surface area (Å²) < 4.78 is 0. The predicted molar refractivity (Wildman–Crippen MR) is 65.5 cm³/mol. The third kappa shape index (κ3) is 7.26. The van der Waals surface area contributed by atoms with Gasteiger partial charge in [0.25, 0.3) is 0 Å².